The Labute approximate surface area is 209 Å². The summed E-state index contributed by atoms with van der Waals surface area (Å²) in [5.74, 6) is 0.278. The van der Waals surface area contributed by atoms with Crippen molar-refractivity contribution >= 4 is 45.3 Å². The predicted molar refractivity (Wildman–Crippen MR) is 138 cm³/mol. The summed E-state index contributed by atoms with van der Waals surface area (Å²) < 4.78 is 25.5. The van der Waals surface area contributed by atoms with E-state index < -0.39 is 5.82 Å². The second-order valence-electron chi connectivity index (χ2n) is 7.81. The number of ether oxygens (including phenoxy) is 2. The summed E-state index contributed by atoms with van der Waals surface area (Å²) in [5.41, 5.74) is 2.19. The van der Waals surface area contributed by atoms with Gasteiger partial charge in [0.25, 0.3) is 5.56 Å². The van der Waals surface area contributed by atoms with E-state index in [2.05, 4.69) is 10.3 Å². The normalized spacial score (nSPS) is 11.1. The Hall–Kier alpha value is -4.31. The lowest BCUT2D eigenvalue weighted by Crippen LogP contribution is -2.23. The molecule has 3 aromatic carbocycles. The van der Waals surface area contributed by atoms with Crippen molar-refractivity contribution < 1.29 is 18.7 Å². The molecule has 5 aromatic rings. The highest BCUT2D eigenvalue weighted by Crippen LogP contribution is 2.30. The number of H-pyrrole nitrogens is 1. The first-order chi connectivity index (χ1) is 17.5. The molecule has 0 aliphatic heterocycles. The van der Waals surface area contributed by atoms with Gasteiger partial charge in [0, 0.05) is 17.0 Å². The van der Waals surface area contributed by atoms with Gasteiger partial charge in [0.05, 0.1) is 31.3 Å². The summed E-state index contributed by atoms with van der Waals surface area (Å²) in [4.78, 5) is 34.2. The fourth-order valence-electron chi connectivity index (χ4n) is 3.88. The molecule has 0 unspecified atom stereocenters. The molecular formula is C26H21FN4O4S. The molecule has 8 nitrogen and oxygen atoms in total. The minimum atomic E-state index is -0.423. The van der Waals surface area contributed by atoms with Crippen molar-refractivity contribution in [3.05, 3.63) is 82.9 Å². The molecule has 0 saturated carbocycles. The Bertz CT molecular complexity index is 1650. The van der Waals surface area contributed by atoms with Crippen LogP contribution in [-0.4, -0.2) is 40.4 Å². The first-order valence-corrected chi connectivity index (χ1v) is 11.9. The number of halogens is 1. The molecule has 2 N–H and O–H groups in total. The molecular weight excluding hydrogens is 483 g/mol. The van der Waals surface area contributed by atoms with Crippen LogP contribution in [0, 0.1) is 5.82 Å². The minimum absolute atomic E-state index is 0.0311. The van der Waals surface area contributed by atoms with Gasteiger partial charge in [-0.25, -0.2) is 9.37 Å². The number of amides is 1. The van der Waals surface area contributed by atoms with Gasteiger partial charge >= 0.3 is 0 Å². The standard InChI is InChI=1S/C26H21FN4O4S/c1-34-17-11-12-20(21(13-17)35-2)28-22(32)14-36-26-30-23-18-5-3-4-6-19(18)29-24(23)25(33)31(26)16-9-7-15(27)8-10-16/h3-13,29H,14H2,1-2H3,(H,28,32). The molecule has 182 valence electrons. The highest BCUT2D eigenvalue weighted by atomic mass is 32.2. The van der Waals surface area contributed by atoms with E-state index in [0.29, 0.717) is 39.1 Å². The summed E-state index contributed by atoms with van der Waals surface area (Å²) in [7, 11) is 3.04. The third-order valence-corrected chi connectivity index (χ3v) is 6.53. The van der Waals surface area contributed by atoms with E-state index in [0.717, 1.165) is 22.7 Å². The number of fused-ring (bicyclic) bond motifs is 3. The van der Waals surface area contributed by atoms with Crippen molar-refractivity contribution in [3.63, 3.8) is 0 Å². The number of carbonyl (C=O) groups is 1. The van der Waals surface area contributed by atoms with Gasteiger partial charge in [-0.05, 0) is 42.5 Å². The van der Waals surface area contributed by atoms with Crippen LogP contribution in [0.25, 0.3) is 27.6 Å². The van der Waals surface area contributed by atoms with E-state index in [1.165, 1.54) is 35.9 Å². The van der Waals surface area contributed by atoms with Gasteiger partial charge in [-0.15, -0.1) is 0 Å². The maximum Gasteiger partial charge on any atom is 0.283 e. The summed E-state index contributed by atoms with van der Waals surface area (Å²) in [6, 6.07) is 18.1. The van der Waals surface area contributed by atoms with Gasteiger partial charge in [0.1, 0.15) is 28.3 Å². The van der Waals surface area contributed by atoms with Crippen molar-refractivity contribution in [1.29, 1.82) is 0 Å². The lowest BCUT2D eigenvalue weighted by atomic mass is 10.2. The summed E-state index contributed by atoms with van der Waals surface area (Å²) in [5, 5.41) is 3.92. The van der Waals surface area contributed by atoms with E-state index in [-0.39, 0.29) is 17.2 Å². The maximum absolute atomic E-state index is 13.6. The Morgan fingerprint density at radius 3 is 2.61 bits per heavy atom. The zero-order valence-electron chi connectivity index (χ0n) is 19.4. The monoisotopic (exact) mass is 504 g/mol. The molecule has 2 heterocycles. The van der Waals surface area contributed by atoms with Crippen molar-refractivity contribution in [3.8, 4) is 17.2 Å². The van der Waals surface area contributed by atoms with Gasteiger partial charge in [0.2, 0.25) is 5.91 Å². The molecule has 1 amide bonds. The molecule has 0 spiro atoms. The molecule has 10 heteroatoms. The number of carbonyl (C=O) groups excluding carboxylic acids is 1. The van der Waals surface area contributed by atoms with Crippen molar-refractivity contribution in [2.75, 3.05) is 25.3 Å². The molecule has 5 rings (SSSR count). The number of rotatable bonds is 7. The van der Waals surface area contributed by atoms with Gasteiger partial charge in [-0.2, -0.15) is 0 Å². The molecule has 0 radical (unpaired) electrons. The number of benzene rings is 3. The summed E-state index contributed by atoms with van der Waals surface area (Å²) in [6.07, 6.45) is 0. The molecule has 0 fully saturated rings. The number of hydrogen-bond acceptors (Lipinski definition) is 6. The molecule has 0 aliphatic rings. The Morgan fingerprint density at radius 1 is 1.08 bits per heavy atom. The van der Waals surface area contributed by atoms with Gasteiger partial charge in [0.15, 0.2) is 5.16 Å². The number of aromatic nitrogens is 3. The van der Waals surface area contributed by atoms with E-state index in [1.54, 1.807) is 25.3 Å². The zero-order valence-corrected chi connectivity index (χ0v) is 20.2. The third kappa shape index (κ3) is 4.38. The number of thioether (sulfide) groups is 1. The largest absolute Gasteiger partial charge is 0.497 e. The van der Waals surface area contributed by atoms with Crippen LogP contribution >= 0.6 is 11.8 Å². The fourth-order valence-corrected chi connectivity index (χ4v) is 4.68. The van der Waals surface area contributed by atoms with E-state index in [9.17, 15) is 14.0 Å². The van der Waals surface area contributed by atoms with Crippen molar-refractivity contribution in [2.24, 2.45) is 0 Å². The summed E-state index contributed by atoms with van der Waals surface area (Å²) >= 11 is 1.10. The van der Waals surface area contributed by atoms with Crippen molar-refractivity contribution in [1.82, 2.24) is 14.5 Å². The second kappa shape index (κ2) is 9.74. The third-order valence-electron chi connectivity index (χ3n) is 5.59. The van der Waals surface area contributed by atoms with Crippen LogP contribution in [-0.2, 0) is 4.79 Å². The average Bonchev–Trinajstić information content (AvgIpc) is 3.27. The Kier molecular flexibility index (Phi) is 6.34. The van der Waals surface area contributed by atoms with Crippen molar-refractivity contribution in [2.45, 2.75) is 5.16 Å². The SMILES string of the molecule is COc1ccc(NC(=O)CSc2nc3c([nH]c4ccccc43)c(=O)n2-c2ccc(F)cc2)c(OC)c1. The number of anilines is 1. The number of hydrogen-bond donors (Lipinski definition) is 2. The molecule has 0 bridgehead atoms. The van der Waals surface area contributed by atoms with E-state index >= 15 is 0 Å². The first-order valence-electron chi connectivity index (χ1n) is 10.9. The highest BCUT2D eigenvalue weighted by Gasteiger charge is 2.19. The topological polar surface area (TPSA) is 98.2 Å². The van der Waals surface area contributed by atoms with E-state index in [1.807, 2.05) is 24.3 Å². The Balaban J connectivity index is 1.51. The van der Waals surface area contributed by atoms with E-state index in [4.69, 9.17) is 14.5 Å². The number of nitrogens with zero attached hydrogens (tertiary/aromatic N) is 2. The number of methoxy groups -OCH3 is 2. The lowest BCUT2D eigenvalue weighted by molar-refractivity contribution is -0.113. The quantitative estimate of drug-likeness (QED) is 0.245. The van der Waals surface area contributed by atoms with Crippen LogP contribution in [0.4, 0.5) is 10.1 Å². The zero-order chi connectivity index (χ0) is 25.2. The predicted octanol–water partition coefficient (Wildman–Crippen LogP) is 4.75. The fraction of sp³-hybridized carbons (Fsp3) is 0.115. The van der Waals surface area contributed by atoms with Gasteiger partial charge in [-0.3, -0.25) is 14.2 Å². The van der Waals surface area contributed by atoms with Crippen LogP contribution in [0.1, 0.15) is 0 Å². The van der Waals surface area contributed by atoms with Crippen LogP contribution in [0.3, 0.4) is 0 Å². The van der Waals surface area contributed by atoms with Crippen LogP contribution < -0.4 is 20.3 Å². The molecule has 0 atom stereocenters. The average molecular weight is 505 g/mol. The smallest absolute Gasteiger partial charge is 0.283 e. The molecule has 2 aromatic heterocycles. The number of aromatic amines is 1. The molecule has 36 heavy (non-hydrogen) atoms. The molecule has 0 aliphatic carbocycles. The van der Waals surface area contributed by atoms with Crippen LogP contribution in [0.15, 0.2) is 76.7 Å². The number of para-hydroxylation sites is 1. The van der Waals surface area contributed by atoms with Crippen LogP contribution in [0.5, 0.6) is 11.5 Å². The number of nitrogens with one attached hydrogen (secondary N) is 2. The lowest BCUT2D eigenvalue weighted by Gasteiger charge is -2.13. The maximum atomic E-state index is 13.6. The Morgan fingerprint density at radius 2 is 1.86 bits per heavy atom. The van der Waals surface area contributed by atoms with Gasteiger partial charge < -0.3 is 19.8 Å². The highest BCUT2D eigenvalue weighted by molar-refractivity contribution is 7.99. The minimum Gasteiger partial charge on any atom is -0.497 e. The first kappa shape index (κ1) is 23.4. The second-order valence-corrected chi connectivity index (χ2v) is 8.75. The summed E-state index contributed by atoms with van der Waals surface area (Å²) in [6.45, 7) is 0. The van der Waals surface area contributed by atoms with Crippen LogP contribution in [0.2, 0.25) is 0 Å². The molecule has 0 saturated heterocycles. The van der Waals surface area contributed by atoms with Gasteiger partial charge in [-0.1, -0.05) is 30.0 Å².